The molecule has 5 heteroatoms. The third-order valence-electron chi connectivity index (χ3n) is 2.09. The molecular formula is C10H11NO4. The molecule has 1 aromatic carbocycles. The average Bonchev–Trinajstić information content (AvgIpc) is 2.18. The van der Waals surface area contributed by atoms with Gasteiger partial charge in [-0.3, -0.25) is 10.1 Å². The first-order chi connectivity index (χ1) is 7.00. The molecule has 0 saturated carbocycles. The molecule has 15 heavy (non-hydrogen) atoms. The van der Waals surface area contributed by atoms with E-state index in [-0.39, 0.29) is 10.5 Å². The topological polar surface area (TPSA) is 80.4 Å². The van der Waals surface area contributed by atoms with Gasteiger partial charge in [-0.25, -0.2) is 4.79 Å². The minimum absolute atomic E-state index is 0.188. The number of benzene rings is 1. The summed E-state index contributed by atoms with van der Waals surface area (Å²) in [4.78, 5) is 20.6. The van der Waals surface area contributed by atoms with Gasteiger partial charge in [0.1, 0.15) is 0 Å². The van der Waals surface area contributed by atoms with E-state index in [2.05, 4.69) is 0 Å². The van der Waals surface area contributed by atoms with Crippen LogP contribution in [0, 0.1) is 10.1 Å². The number of nitro groups is 1. The lowest BCUT2D eigenvalue weighted by Gasteiger charge is -2.03. The molecule has 0 bridgehead atoms. The molecule has 0 aliphatic carbocycles. The van der Waals surface area contributed by atoms with Crippen LogP contribution in [-0.4, -0.2) is 22.0 Å². The first-order valence-corrected chi connectivity index (χ1v) is 4.46. The highest BCUT2D eigenvalue weighted by atomic mass is 16.6. The lowest BCUT2D eigenvalue weighted by molar-refractivity contribution is -0.517. The number of carboxylic acid groups (broad SMARTS) is 1. The van der Waals surface area contributed by atoms with E-state index in [0.717, 1.165) is 5.56 Å². The molecule has 1 aromatic rings. The van der Waals surface area contributed by atoms with E-state index < -0.39 is 12.0 Å². The van der Waals surface area contributed by atoms with Crippen LogP contribution in [0.2, 0.25) is 0 Å². The molecule has 0 aliphatic rings. The van der Waals surface area contributed by atoms with E-state index in [4.69, 9.17) is 5.11 Å². The lowest BCUT2D eigenvalue weighted by Crippen LogP contribution is -2.17. The van der Waals surface area contributed by atoms with Crippen LogP contribution in [-0.2, 0) is 6.42 Å². The fourth-order valence-electron chi connectivity index (χ4n) is 1.20. The van der Waals surface area contributed by atoms with E-state index in [1.165, 1.54) is 19.1 Å². The van der Waals surface area contributed by atoms with Gasteiger partial charge in [0.25, 0.3) is 0 Å². The number of nitrogens with zero attached hydrogens (tertiary/aromatic N) is 1. The Morgan fingerprint density at radius 1 is 1.47 bits per heavy atom. The van der Waals surface area contributed by atoms with Crippen molar-refractivity contribution in [2.75, 3.05) is 0 Å². The summed E-state index contributed by atoms with van der Waals surface area (Å²) >= 11 is 0. The molecule has 0 spiro atoms. The van der Waals surface area contributed by atoms with Gasteiger partial charge in [0.05, 0.1) is 5.56 Å². The third-order valence-corrected chi connectivity index (χ3v) is 2.09. The highest BCUT2D eigenvalue weighted by Crippen LogP contribution is 2.08. The van der Waals surface area contributed by atoms with Crippen LogP contribution in [0.1, 0.15) is 22.8 Å². The molecule has 80 valence electrons. The minimum Gasteiger partial charge on any atom is -0.478 e. The number of aromatic carboxylic acids is 1. The summed E-state index contributed by atoms with van der Waals surface area (Å²) in [7, 11) is 0. The van der Waals surface area contributed by atoms with Crippen LogP contribution in [0.3, 0.4) is 0 Å². The molecule has 0 radical (unpaired) electrons. The quantitative estimate of drug-likeness (QED) is 0.603. The Morgan fingerprint density at radius 3 is 2.40 bits per heavy atom. The molecule has 1 rings (SSSR count). The van der Waals surface area contributed by atoms with Crippen molar-refractivity contribution in [1.82, 2.24) is 0 Å². The van der Waals surface area contributed by atoms with E-state index in [1.54, 1.807) is 12.1 Å². The SMILES string of the molecule is C[C@H](Cc1ccc(C(=O)O)cc1)[N+](=O)[O-]. The second-order valence-electron chi connectivity index (χ2n) is 3.34. The molecule has 1 N–H and O–H groups in total. The van der Waals surface area contributed by atoms with Crippen LogP contribution < -0.4 is 0 Å². The molecule has 0 unspecified atom stereocenters. The number of rotatable bonds is 4. The van der Waals surface area contributed by atoms with Gasteiger partial charge >= 0.3 is 5.97 Å². The van der Waals surface area contributed by atoms with Gasteiger partial charge in [0.2, 0.25) is 6.04 Å². The van der Waals surface area contributed by atoms with E-state index in [0.29, 0.717) is 6.42 Å². The van der Waals surface area contributed by atoms with Crippen molar-refractivity contribution in [3.05, 3.63) is 45.5 Å². The van der Waals surface area contributed by atoms with Crippen LogP contribution in [0.15, 0.2) is 24.3 Å². The molecule has 0 amide bonds. The highest BCUT2D eigenvalue weighted by Gasteiger charge is 2.13. The van der Waals surface area contributed by atoms with Crippen molar-refractivity contribution >= 4 is 5.97 Å². The summed E-state index contributed by atoms with van der Waals surface area (Å²) in [6.45, 7) is 1.52. The number of carboxylic acids is 1. The van der Waals surface area contributed by atoms with Crippen molar-refractivity contribution in [2.45, 2.75) is 19.4 Å². The van der Waals surface area contributed by atoms with Crippen LogP contribution in [0.25, 0.3) is 0 Å². The Balaban J connectivity index is 2.72. The molecule has 0 aliphatic heterocycles. The van der Waals surface area contributed by atoms with Gasteiger partial charge < -0.3 is 5.11 Å². The Labute approximate surface area is 86.5 Å². The fraction of sp³-hybridized carbons (Fsp3) is 0.300. The Morgan fingerprint density at radius 2 is 2.00 bits per heavy atom. The third kappa shape index (κ3) is 3.05. The van der Waals surface area contributed by atoms with Gasteiger partial charge in [0, 0.05) is 18.3 Å². The molecule has 0 fully saturated rings. The van der Waals surface area contributed by atoms with Crippen LogP contribution >= 0.6 is 0 Å². The average molecular weight is 209 g/mol. The maximum absolute atomic E-state index is 10.5. The summed E-state index contributed by atoms with van der Waals surface area (Å²) in [6, 6.07) is 5.45. The maximum Gasteiger partial charge on any atom is 0.335 e. The first kappa shape index (κ1) is 11.2. The number of carbonyl (C=O) groups is 1. The Kier molecular flexibility index (Phi) is 3.38. The number of hydrogen-bond acceptors (Lipinski definition) is 3. The van der Waals surface area contributed by atoms with Gasteiger partial charge in [-0.1, -0.05) is 12.1 Å². The predicted molar refractivity (Wildman–Crippen MR) is 53.6 cm³/mol. The van der Waals surface area contributed by atoms with Gasteiger partial charge in [-0.2, -0.15) is 0 Å². The summed E-state index contributed by atoms with van der Waals surface area (Å²) in [5.74, 6) is -0.996. The van der Waals surface area contributed by atoms with Crippen LogP contribution in [0.4, 0.5) is 0 Å². The standard InChI is InChI=1S/C10H11NO4/c1-7(11(14)15)6-8-2-4-9(5-3-8)10(12)13/h2-5,7H,6H2,1H3,(H,12,13)/t7-/m1/s1. The van der Waals surface area contributed by atoms with Crippen molar-refractivity contribution in [2.24, 2.45) is 0 Å². The lowest BCUT2D eigenvalue weighted by atomic mass is 10.1. The smallest absolute Gasteiger partial charge is 0.335 e. The monoisotopic (exact) mass is 209 g/mol. The first-order valence-electron chi connectivity index (χ1n) is 4.46. The van der Waals surface area contributed by atoms with E-state index >= 15 is 0 Å². The van der Waals surface area contributed by atoms with Crippen molar-refractivity contribution in [3.8, 4) is 0 Å². The summed E-state index contributed by atoms with van der Waals surface area (Å²) in [6.07, 6.45) is 0.312. The zero-order chi connectivity index (χ0) is 11.4. The van der Waals surface area contributed by atoms with Crippen molar-refractivity contribution < 1.29 is 14.8 Å². The van der Waals surface area contributed by atoms with E-state index in [9.17, 15) is 14.9 Å². The number of hydrogen-bond donors (Lipinski definition) is 1. The predicted octanol–water partition coefficient (Wildman–Crippen LogP) is 1.59. The Hall–Kier alpha value is -1.91. The fourth-order valence-corrected chi connectivity index (χ4v) is 1.20. The second-order valence-corrected chi connectivity index (χ2v) is 3.34. The summed E-state index contributed by atoms with van der Waals surface area (Å²) in [5, 5.41) is 19.0. The van der Waals surface area contributed by atoms with Crippen LogP contribution in [0.5, 0.6) is 0 Å². The zero-order valence-electron chi connectivity index (χ0n) is 8.21. The van der Waals surface area contributed by atoms with Gasteiger partial charge in [-0.15, -0.1) is 0 Å². The van der Waals surface area contributed by atoms with Crippen molar-refractivity contribution in [1.29, 1.82) is 0 Å². The largest absolute Gasteiger partial charge is 0.478 e. The zero-order valence-corrected chi connectivity index (χ0v) is 8.21. The maximum atomic E-state index is 10.5. The van der Waals surface area contributed by atoms with Crippen molar-refractivity contribution in [3.63, 3.8) is 0 Å². The molecule has 0 saturated heterocycles. The Bertz CT molecular complexity index is 372. The van der Waals surface area contributed by atoms with Gasteiger partial charge in [0.15, 0.2) is 0 Å². The minimum atomic E-state index is -0.996. The summed E-state index contributed by atoms with van der Waals surface area (Å²) < 4.78 is 0. The highest BCUT2D eigenvalue weighted by molar-refractivity contribution is 5.87. The molecule has 0 heterocycles. The van der Waals surface area contributed by atoms with Gasteiger partial charge in [-0.05, 0) is 17.7 Å². The molecule has 0 aromatic heterocycles. The second kappa shape index (κ2) is 4.54. The molecule has 1 atom stereocenters. The summed E-state index contributed by atoms with van der Waals surface area (Å²) in [5.41, 5.74) is 0.955. The normalized spacial score (nSPS) is 12.1. The molecule has 5 nitrogen and oxygen atoms in total. The van der Waals surface area contributed by atoms with E-state index in [1.807, 2.05) is 0 Å². The molecular weight excluding hydrogens is 198 g/mol.